The van der Waals surface area contributed by atoms with E-state index in [0.717, 1.165) is 6.07 Å². The Hall–Kier alpha value is -2.36. The van der Waals surface area contributed by atoms with E-state index in [1.54, 1.807) is 4.72 Å². The van der Waals surface area contributed by atoms with Crippen molar-refractivity contribution in [1.82, 2.24) is 4.72 Å². The predicted molar refractivity (Wildman–Crippen MR) is 61.0 cm³/mol. The van der Waals surface area contributed by atoms with Crippen molar-refractivity contribution < 1.29 is 27.5 Å². The molecule has 2 rings (SSSR count). The van der Waals surface area contributed by atoms with Crippen molar-refractivity contribution in [3.05, 3.63) is 23.5 Å². The van der Waals surface area contributed by atoms with Crippen LogP contribution in [0.5, 0.6) is 5.75 Å². The zero-order chi connectivity index (χ0) is 14.4. The minimum Gasteiger partial charge on any atom is -0.506 e. The van der Waals surface area contributed by atoms with Gasteiger partial charge in [0.15, 0.2) is 5.82 Å². The van der Waals surface area contributed by atoms with E-state index in [2.05, 4.69) is 0 Å². The molecular weight excluding hydrogens is 281 g/mol. The van der Waals surface area contributed by atoms with Gasteiger partial charge >= 0.3 is 10.2 Å². The molecule has 102 valence electrons. The number of carbonyl (C=O) groups is 2. The van der Waals surface area contributed by atoms with Crippen molar-refractivity contribution in [1.29, 1.82) is 0 Å². The first-order valence-corrected chi connectivity index (χ1v) is 6.32. The van der Waals surface area contributed by atoms with E-state index in [0.29, 0.717) is 10.4 Å². The van der Waals surface area contributed by atoms with Gasteiger partial charge in [-0.25, -0.2) is 13.4 Å². The van der Waals surface area contributed by atoms with E-state index < -0.39 is 45.8 Å². The van der Waals surface area contributed by atoms with Gasteiger partial charge in [0.1, 0.15) is 18.0 Å². The highest BCUT2D eigenvalue weighted by molar-refractivity contribution is 7.92. The van der Waals surface area contributed by atoms with Gasteiger partial charge in [-0.05, 0) is 12.1 Å². The van der Waals surface area contributed by atoms with Crippen molar-refractivity contribution >= 4 is 27.7 Å². The number of aromatic hydroxyl groups is 1. The van der Waals surface area contributed by atoms with E-state index in [9.17, 15) is 27.5 Å². The Balaban J connectivity index is 2.58. The second-order valence-electron chi connectivity index (χ2n) is 3.73. The van der Waals surface area contributed by atoms with Gasteiger partial charge in [-0.3, -0.25) is 9.59 Å². The zero-order valence-corrected chi connectivity index (χ0v) is 10.1. The third-order valence-electron chi connectivity index (χ3n) is 2.40. The molecule has 0 bridgehead atoms. The summed E-state index contributed by atoms with van der Waals surface area (Å²) in [6.45, 7) is -0.664. The molecule has 1 aliphatic heterocycles. The van der Waals surface area contributed by atoms with Crippen molar-refractivity contribution in [2.45, 2.75) is 0 Å². The van der Waals surface area contributed by atoms with E-state index >= 15 is 0 Å². The summed E-state index contributed by atoms with van der Waals surface area (Å²) < 4.78 is 38.8. The lowest BCUT2D eigenvalue weighted by atomic mass is 10.1. The molecule has 0 saturated carbocycles. The average molecular weight is 289 g/mol. The maximum Gasteiger partial charge on any atom is 0.326 e. The molecule has 1 heterocycles. The van der Waals surface area contributed by atoms with E-state index in [1.807, 2.05) is 0 Å². The number of phenolic OH excluding ortho intramolecular Hbond substituents is 1. The average Bonchev–Trinajstić information content (AvgIpc) is 2.51. The summed E-state index contributed by atoms with van der Waals surface area (Å²) in [5.74, 6) is -3.85. The van der Waals surface area contributed by atoms with Crippen molar-refractivity contribution in [2.75, 3.05) is 10.8 Å². The van der Waals surface area contributed by atoms with Crippen LogP contribution in [0.1, 0.15) is 10.4 Å². The van der Waals surface area contributed by atoms with Crippen LogP contribution in [0, 0.1) is 5.82 Å². The summed E-state index contributed by atoms with van der Waals surface area (Å²) in [7, 11) is -4.25. The van der Waals surface area contributed by atoms with Crippen LogP contribution in [-0.2, 0) is 15.0 Å². The fourth-order valence-electron chi connectivity index (χ4n) is 1.62. The number of hydrogen-bond acceptors (Lipinski definition) is 5. The number of amides is 2. The normalized spacial score (nSPS) is 17.3. The standard InChI is InChI=1S/C9H8FN3O5S/c10-5-1-4(9(11)16)2-6(14)8(5)13-3-7(15)12-19(13,17)18/h1-2,14H,3H2,(H2,11,16)(H,12,15). The Morgan fingerprint density at radius 1 is 1.47 bits per heavy atom. The highest BCUT2D eigenvalue weighted by atomic mass is 32.2. The first-order valence-electron chi connectivity index (χ1n) is 4.88. The van der Waals surface area contributed by atoms with E-state index in [1.165, 1.54) is 0 Å². The third-order valence-corrected chi connectivity index (χ3v) is 3.77. The SMILES string of the molecule is NC(=O)c1cc(O)c(N2CC(=O)NS2(=O)=O)c(F)c1. The number of hydrogen-bond donors (Lipinski definition) is 3. The zero-order valence-electron chi connectivity index (χ0n) is 9.25. The molecule has 10 heteroatoms. The molecule has 19 heavy (non-hydrogen) atoms. The second-order valence-corrected chi connectivity index (χ2v) is 5.32. The molecule has 1 aromatic rings. The van der Waals surface area contributed by atoms with Gasteiger partial charge < -0.3 is 10.8 Å². The largest absolute Gasteiger partial charge is 0.506 e. The van der Waals surface area contributed by atoms with Crippen LogP contribution in [0.25, 0.3) is 0 Å². The molecule has 1 aliphatic rings. The Labute approximate surface area is 106 Å². The lowest BCUT2D eigenvalue weighted by Gasteiger charge is -2.17. The molecule has 2 amide bonds. The van der Waals surface area contributed by atoms with Crippen LogP contribution in [0.4, 0.5) is 10.1 Å². The van der Waals surface area contributed by atoms with Crippen LogP contribution in [0.15, 0.2) is 12.1 Å². The molecule has 1 fully saturated rings. The van der Waals surface area contributed by atoms with Crippen molar-refractivity contribution in [2.24, 2.45) is 5.73 Å². The topological polar surface area (TPSA) is 130 Å². The molecule has 1 saturated heterocycles. The summed E-state index contributed by atoms with van der Waals surface area (Å²) in [6, 6.07) is 1.49. The number of phenols is 1. The monoisotopic (exact) mass is 289 g/mol. The minimum absolute atomic E-state index is 0.324. The quantitative estimate of drug-likeness (QED) is 0.630. The predicted octanol–water partition coefficient (Wildman–Crippen LogP) is -1.19. The molecule has 0 aromatic heterocycles. The Morgan fingerprint density at radius 2 is 2.11 bits per heavy atom. The molecule has 0 atom stereocenters. The fourth-order valence-corrected chi connectivity index (χ4v) is 2.79. The number of primary amides is 1. The van der Waals surface area contributed by atoms with Gasteiger partial charge in [0.05, 0.1) is 0 Å². The first kappa shape index (κ1) is 13.1. The summed E-state index contributed by atoms with van der Waals surface area (Å²) in [6.07, 6.45) is 0. The second kappa shape index (κ2) is 4.09. The Bertz CT molecular complexity index is 664. The van der Waals surface area contributed by atoms with Gasteiger partial charge in [-0.15, -0.1) is 0 Å². The molecular formula is C9H8FN3O5S. The van der Waals surface area contributed by atoms with Crippen LogP contribution in [-0.4, -0.2) is 31.9 Å². The highest BCUT2D eigenvalue weighted by Crippen LogP contribution is 2.34. The molecule has 0 spiro atoms. The number of benzene rings is 1. The summed E-state index contributed by atoms with van der Waals surface area (Å²) in [4.78, 5) is 21.9. The molecule has 4 N–H and O–H groups in total. The van der Waals surface area contributed by atoms with Crippen LogP contribution in [0.3, 0.4) is 0 Å². The Morgan fingerprint density at radius 3 is 2.53 bits per heavy atom. The maximum atomic E-state index is 13.8. The smallest absolute Gasteiger partial charge is 0.326 e. The van der Waals surface area contributed by atoms with Gasteiger partial charge in [-0.2, -0.15) is 8.42 Å². The van der Waals surface area contributed by atoms with Gasteiger partial charge in [0.2, 0.25) is 5.91 Å². The number of nitrogens with two attached hydrogens (primary N) is 1. The number of halogens is 1. The van der Waals surface area contributed by atoms with Crippen molar-refractivity contribution in [3.63, 3.8) is 0 Å². The van der Waals surface area contributed by atoms with Crippen LogP contribution >= 0.6 is 0 Å². The minimum atomic E-state index is -4.25. The van der Waals surface area contributed by atoms with E-state index in [-0.39, 0.29) is 5.56 Å². The first-order chi connectivity index (χ1) is 8.72. The van der Waals surface area contributed by atoms with Gasteiger partial charge in [0.25, 0.3) is 5.91 Å². The summed E-state index contributed by atoms with van der Waals surface area (Å²) >= 11 is 0. The van der Waals surface area contributed by atoms with Crippen molar-refractivity contribution in [3.8, 4) is 5.75 Å². The third kappa shape index (κ3) is 2.17. The maximum absolute atomic E-state index is 13.8. The number of carbonyl (C=O) groups excluding carboxylic acids is 2. The lowest BCUT2D eigenvalue weighted by Crippen LogP contribution is -2.30. The van der Waals surface area contributed by atoms with Crippen LogP contribution in [0.2, 0.25) is 0 Å². The van der Waals surface area contributed by atoms with E-state index in [4.69, 9.17) is 5.73 Å². The molecule has 1 aromatic carbocycles. The molecule has 0 radical (unpaired) electrons. The fraction of sp³-hybridized carbons (Fsp3) is 0.111. The summed E-state index contributed by atoms with van der Waals surface area (Å²) in [5, 5.41) is 9.61. The molecule has 0 aliphatic carbocycles. The molecule has 8 nitrogen and oxygen atoms in total. The Kier molecular flexibility index (Phi) is 2.81. The summed E-state index contributed by atoms with van der Waals surface area (Å²) in [5.41, 5.74) is 3.87. The molecule has 0 unspecified atom stereocenters. The van der Waals surface area contributed by atoms with Crippen LogP contribution < -0.4 is 14.8 Å². The number of nitrogens with zero attached hydrogens (tertiary/aromatic N) is 1. The lowest BCUT2D eigenvalue weighted by molar-refractivity contribution is -0.117. The number of nitrogens with one attached hydrogen (secondary N) is 1. The number of anilines is 1. The van der Waals surface area contributed by atoms with Gasteiger partial charge in [0, 0.05) is 5.56 Å². The number of rotatable bonds is 2. The highest BCUT2D eigenvalue weighted by Gasteiger charge is 2.37. The van der Waals surface area contributed by atoms with Gasteiger partial charge in [-0.1, -0.05) is 0 Å².